The molecule has 160 valence electrons. The van der Waals surface area contributed by atoms with E-state index in [0.29, 0.717) is 36.5 Å². The lowest BCUT2D eigenvalue weighted by Gasteiger charge is -2.24. The second-order valence-electron chi connectivity index (χ2n) is 7.72. The van der Waals surface area contributed by atoms with Gasteiger partial charge in [-0.2, -0.15) is 0 Å². The van der Waals surface area contributed by atoms with E-state index >= 15 is 0 Å². The largest absolute Gasteiger partial charge is 0.360 e. The molecule has 1 atom stereocenters. The predicted molar refractivity (Wildman–Crippen MR) is 114 cm³/mol. The summed E-state index contributed by atoms with van der Waals surface area (Å²) in [6.45, 7) is 3.05. The summed E-state index contributed by atoms with van der Waals surface area (Å²) >= 11 is 0. The fraction of sp³-hybridized carbons (Fsp3) is 0.292. The minimum Gasteiger partial charge on any atom is -0.360 e. The van der Waals surface area contributed by atoms with Gasteiger partial charge in [0.2, 0.25) is 5.91 Å². The van der Waals surface area contributed by atoms with Crippen LogP contribution in [0.1, 0.15) is 34.5 Å². The molecule has 0 bridgehead atoms. The van der Waals surface area contributed by atoms with Crippen molar-refractivity contribution in [3.63, 3.8) is 0 Å². The van der Waals surface area contributed by atoms with Crippen molar-refractivity contribution in [1.82, 2.24) is 15.4 Å². The molecule has 6 nitrogen and oxygen atoms in total. The topological polar surface area (TPSA) is 75.4 Å². The van der Waals surface area contributed by atoms with E-state index in [9.17, 15) is 14.0 Å². The summed E-state index contributed by atoms with van der Waals surface area (Å²) in [5, 5.41) is 6.90. The van der Waals surface area contributed by atoms with Crippen LogP contribution < -0.4 is 5.32 Å². The molecule has 0 saturated carbocycles. The van der Waals surface area contributed by atoms with Gasteiger partial charge in [0, 0.05) is 25.1 Å². The number of carbonyl (C=O) groups is 2. The molecule has 1 aromatic heterocycles. The highest BCUT2D eigenvalue weighted by atomic mass is 19.1. The maximum atomic E-state index is 13.3. The standard InChI is InChI=1S/C24H24FN3O3/c1-16-21(22(27-31-16)18-9-11-19(25)12-10-18)23(29)26-20(15-17-7-3-2-4-8-17)24(30)28-13-5-6-14-28/h2-4,7-12,20H,5-6,13-15H2,1H3,(H,26,29)/t20-/m0/s1. The van der Waals surface area contributed by atoms with E-state index in [2.05, 4.69) is 10.5 Å². The number of halogens is 1. The molecule has 2 aromatic carbocycles. The van der Waals surface area contributed by atoms with E-state index < -0.39 is 11.9 Å². The third-order valence-electron chi connectivity index (χ3n) is 5.51. The molecule has 31 heavy (non-hydrogen) atoms. The molecule has 3 aromatic rings. The number of nitrogens with zero attached hydrogens (tertiary/aromatic N) is 2. The molecular weight excluding hydrogens is 397 g/mol. The van der Waals surface area contributed by atoms with Gasteiger partial charge in [0.15, 0.2) is 0 Å². The summed E-state index contributed by atoms with van der Waals surface area (Å²) in [7, 11) is 0. The van der Waals surface area contributed by atoms with Crippen LogP contribution in [0.5, 0.6) is 0 Å². The van der Waals surface area contributed by atoms with Crippen molar-refractivity contribution in [1.29, 1.82) is 0 Å². The van der Waals surface area contributed by atoms with Gasteiger partial charge in [0.25, 0.3) is 5.91 Å². The Hall–Kier alpha value is -3.48. The molecule has 0 radical (unpaired) electrons. The molecule has 0 aliphatic carbocycles. The number of rotatable bonds is 6. The monoisotopic (exact) mass is 421 g/mol. The van der Waals surface area contributed by atoms with Crippen molar-refractivity contribution in [2.45, 2.75) is 32.2 Å². The Kier molecular flexibility index (Phi) is 6.11. The number of aromatic nitrogens is 1. The first-order valence-corrected chi connectivity index (χ1v) is 10.4. The van der Waals surface area contributed by atoms with Gasteiger partial charge >= 0.3 is 0 Å². The lowest BCUT2D eigenvalue weighted by Crippen LogP contribution is -2.49. The Morgan fingerprint density at radius 2 is 1.77 bits per heavy atom. The van der Waals surface area contributed by atoms with Crippen LogP contribution in [0.3, 0.4) is 0 Å². The molecule has 2 heterocycles. The van der Waals surface area contributed by atoms with Crippen LogP contribution in [0, 0.1) is 12.7 Å². The van der Waals surface area contributed by atoms with Crippen LogP contribution in [0.25, 0.3) is 11.3 Å². The molecule has 1 saturated heterocycles. The highest BCUT2D eigenvalue weighted by Crippen LogP contribution is 2.26. The van der Waals surface area contributed by atoms with E-state index in [1.54, 1.807) is 24.0 Å². The number of hydrogen-bond acceptors (Lipinski definition) is 4. The second-order valence-corrected chi connectivity index (χ2v) is 7.72. The number of benzene rings is 2. The minimum atomic E-state index is -0.705. The van der Waals surface area contributed by atoms with E-state index in [1.165, 1.54) is 12.1 Å². The highest BCUT2D eigenvalue weighted by molar-refractivity contribution is 6.02. The van der Waals surface area contributed by atoms with Crippen LogP contribution in [-0.2, 0) is 11.2 Å². The van der Waals surface area contributed by atoms with Gasteiger partial charge in [-0.15, -0.1) is 0 Å². The highest BCUT2D eigenvalue weighted by Gasteiger charge is 2.30. The van der Waals surface area contributed by atoms with E-state index in [4.69, 9.17) is 4.52 Å². The third-order valence-corrected chi connectivity index (χ3v) is 5.51. The van der Waals surface area contributed by atoms with Gasteiger partial charge in [-0.05, 0) is 49.6 Å². The molecular formula is C24H24FN3O3. The number of carbonyl (C=O) groups excluding carboxylic acids is 2. The van der Waals surface area contributed by atoms with E-state index in [0.717, 1.165) is 18.4 Å². The Labute approximate surface area is 180 Å². The molecule has 4 rings (SSSR count). The Balaban J connectivity index is 1.61. The van der Waals surface area contributed by atoms with Crippen LogP contribution in [0.4, 0.5) is 4.39 Å². The summed E-state index contributed by atoms with van der Waals surface area (Å²) in [6.07, 6.45) is 2.33. The van der Waals surface area contributed by atoms with Crippen molar-refractivity contribution in [3.05, 3.63) is 77.3 Å². The Morgan fingerprint density at radius 1 is 1.10 bits per heavy atom. The van der Waals surface area contributed by atoms with Crippen LogP contribution >= 0.6 is 0 Å². The summed E-state index contributed by atoms with van der Waals surface area (Å²) < 4.78 is 18.6. The second kappa shape index (κ2) is 9.12. The first-order chi connectivity index (χ1) is 15.0. The Bertz CT molecular complexity index is 1060. The first-order valence-electron chi connectivity index (χ1n) is 10.4. The summed E-state index contributed by atoms with van der Waals surface area (Å²) in [6, 6.07) is 14.6. The van der Waals surface area contributed by atoms with Gasteiger partial charge in [-0.3, -0.25) is 9.59 Å². The van der Waals surface area contributed by atoms with Gasteiger partial charge in [0.1, 0.15) is 28.9 Å². The number of amides is 2. The molecule has 2 amide bonds. The molecule has 1 N–H and O–H groups in total. The maximum absolute atomic E-state index is 13.3. The molecule has 1 fully saturated rings. The average molecular weight is 421 g/mol. The molecule has 7 heteroatoms. The third kappa shape index (κ3) is 4.66. The normalized spacial score (nSPS) is 14.5. The van der Waals surface area contributed by atoms with Gasteiger partial charge in [-0.1, -0.05) is 35.5 Å². The molecule has 1 aliphatic rings. The van der Waals surface area contributed by atoms with Crippen molar-refractivity contribution in [3.8, 4) is 11.3 Å². The quantitative estimate of drug-likeness (QED) is 0.658. The van der Waals surface area contributed by atoms with Gasteiger partial charge < -0.3 is 14.7 Å². The van der Waals surface area contributed by atoms with Crippen molar-refractivity contribution < 1.29 is 18.5 Å². The zero-order valence-electron chi connectivity index (χ0n) is 17.3. The average Bonchev–Trinajstić information content (AvgIpc) is 3.44. The Morgan fingerprint density at radius 3 is 2.45 bits per heavy atom. The maximum Gasteiger partial charge on any atom is 0.257 e. The molecule has 0 unspecified atom stereocenters. The van der Waals surface area contributed by atoms with Crippen LogP contribution in [-0.4, -0.2) is 41.0 Å². The minimum absolute atomic E-state index is 0.0906. The fourth-order valence-electron chi connectivity index (χ4n) is 3.88. The zero-order valence-corrected chi connectivity index (χ0v) is 17.3. The summed E-state index contributed by atoms with van der Waals surface area (Å²) in [5.41, 5.74) is 2.09. The van der Waals surface area contributed by atoms with Crippen LogP contribution in [0.15, 0.2) is 59.1 Å². The summed E-state index contributed by atoms with van der Waals surface area (Å²) in [4.78, 5) is 28.2. The predicted octanol–water partition coefficient (Wildman–Crippen LogP) is 3.75. The van der Waals surface area contributed by atoms with Crippen LogP contribution in [0.2, 0.25) is 0 Å². The molecule has 1 aliphatic heterocycles. The number of nitrogens with one attached hydrogen (secondary N) is 1. The van der Waals surface area contributed by atoms with Crippen molar-refractivity contribution >= 4 is 11.8 Å². The fourth-order valence-corrected chi connectivity index (χ4v) is 3.88. The number of aryl methyl sites for hydroxylation is 1. The van der Waals surface area contributed by atoms with E-state index in [-0.39, 0.29) is 17.3 Å². The lowest BCUT2D eigenvalue weighted by atomic mass is 10.0. The number of likely N-dealkylation sites (tertiary alicyclic amines) is 1. The SMILES string of the molecule is Cc1onc(-c2ccc(F)cc2)c1C(=O)N[C@@H](Cc1ccccc1)C(=O)N1CCCC1. The number of hydrogen-bond donors (Lipinski definition) is 1. The summed E-state index contributed by atoms with van der Waals surface area (Å²) in [5.74, 6) is -0.572. The van der Waals surface area contributed by atoms with Gasteiger partial charge in [0.05, 0.1) is 0 Å². The van der Waals surface area contributed by atoms with Crippen molar-refractivity contribution in [2.75, 3.05) is 13.1 Å². The lowest BCUT2D eigenvalue weighted by molar-refractivity contribution is -0.132. The zero-order chi connectivity index (χ0) is 21.8. The first kappa shape index (κ1) is 20.8. The van der Waals surface area contributed by atoms with E-state index in [1.807, 2.05) is 30.3 Å². The van der Waals surface area contributed by atoms with Gasteiger partial charge in [-0.25, -0.2) is 4.39 Å². The smallest absolute Gasteiger partial charge is 0.257 e. The van der Waals surface area contributed by atoms with Crippen molar-refractivity contribution in [2.24, 2.45) is 0 Å². The molecule has 0 spiro atoms.